The van der Waals surface area contributed by atoms with E-state index in [-0.39, 0.29) is 18.1 Å². The maximum Gasteiger partial charge on any atom is 0.141 e. The van der Waals surface area contributed by atoms with Crippen LogP contribution in [0.1, 0.15) is 37.3 Å². The van der Waals surface area contributed by atoms with E-state index in [4.69, 9.17) is 0 Å². The van der Waals surface area contributed by atoms with Crippen molar-refractivity contribution in [2.45, 2.75) is 45.3 Å². The van der Waals surface area contributed by atoms with Crippen LogP contribution in [0, 0.1) is 0 Å². The summed E-state index contributed by atoms with van der Waals surface area (Å²) in [4.78, 5) is 28.1. The SMILES string of the molecule is CCc1cc2c(N3C[C@H](C)N(C(C=O)c4ccccc4)C[C@H]3C)ncnc2s1. The number of piperazine rings is 1. The predicted molar refractivity (Wildman–Crippen MR) is 115 cm³/mol. The standard InChI is InChI=1S/C22H26N4OS/c1-4-18-10-19-21(23-14-24-22(19)28-18)26-12-15(2)25(11-16(26)3)20(13-27)17-8-6-5-7-9-17/h5-10,13-16,20H,4,11-12H2,1-3H3/t15-,16+,20?/m0/s1. The van der Waals surface area contributed by atoms with Crippen LogP contribution in [-0.2, 0) is 11.2 Å². The number of thiophene rings is 1. The second-order valence-corrected chi connectivity index (χ2v) is 8.64. The summed E-state index contributed by atoms with van der Waals surface area (Å²) >= 11 is 1.75. The molecule has 1 aliphatic rings. The third kappa shape index (κ3) is 3.42. The largest absolute Gasteiger partial charge is 0.350 e. The number of carbonyl (C=O) groups excluding carboxylic acids is 1. The van der Waals surface area contributed by atoms with Crippen molar-refractivity contribution in [1.29, 1.82) is 0 Å². The van der Waals surface area contributed by atoms with Gasteiger partial charge in [0.25, 0.3) is 0 Å². The lowest BCUT2D eigenvalue weighted by molar-refractivity contribution is -0.113. The number of hydrogen-bond donors (Lipinski definition) is 0. The van der Waals surface area contributed by atoms with E-state index in [2.05, 4.69) is 46.6 Å². The fourth-order valence-corrected chi connectivity index (χ4v) is 5.06. The van der Waals surface area contributed by atoms with Crippen molar-refractivity contribution in [3.05, 3.63) is 53.2 Å². The molecular formula is C22H26N4OS. The highest BCUT2D eigenvalue weighted by molar-refractivity contribution is 7.18. The monoisotopic (exact) mass is 394 g/mol. The first-order valence-corrected chi connectivity index (χ1v) is 10.7. The minimum absolute atomic E-state index is 0.209. The van der Waals surface area contributed by atoms with Crippen molar-refractivity contribution in [1.82, 2.24) is 14.9 Å². The van der Waals surface area contributed by atoms with E-state index >= 15 is 0 Å². The van der Waals surface area contributed by atoms with Crippen LogP contribution in [0.3, 0.4) is 0 Å². The molecule has 1 saturated heterocycles. The first kappa shape index (κ1) is 19.0. The molecule has 3 aromatic rings. The zero-order valence-electron chi connectivity index (χ0n) is 16.6. The van der Waals surface area contributed by atoms with Crippen LogP contribution in [0.4, 0.5) is 5.82 Å². The lowest BCUT2D eigenvalue weighted by Crippen LogP contribution is -2.57. The van der Waals surface area contributed by atoms with Gasteiger partial charge in [0, 0.05) is 30.1 Å². The molecule has 1 aromatic carbocycles. The topological polar surface area (TPSA) is 49.3 Å². The maximum absolute atomic E-state index is 11.9. The molecule has 0 radical (unpaired) electrons. The zero-order chi connectivity index (χ0) is 19.7. The Hall–Kier alpha value is -2.31. The van der Waals surface area contributed by atoms with E-state index in [1.54, 1.807) is 17.7 Å². The maximum atomic E-state index is 11.9. The molecule has 0 saturated carbocycles. The minimum Gasteiger partial charge on any atom is -0.350 e. The van der Waals surface area contributed by atoms with Crippen LogP contribution in [0.5, 0.6) is 0 Å². The predicted octanol–water partition coefficient (Wildman–Crippen LogP) is 4.09. The number of benzene rings is 1. The highest BCUT2D eigenvalue weighted by Crippen LogP contribution is 2.34. The first-order chi connectivity index (χ1) is 13.6. The second kappa shape index (κ2) is 7.97. The molecular weight excluding hydrogens is 368 g/mol. The number of hydrogen-bond acceptors (Lipinski definition) is 6. The van der Waals surface area contributed by atoms with Crippen LogP contribution in [0.25, 0.3) is 10.2 Å². The summed E-state index contributed by atoms with van der Waals surface area (Å²) in [6.07, 6.45) is 3.76. The molecule has 6 heteroatoms. The number of aromatic nitrogens is 2. The second-order valence-electron chi connectivity index (χ2n) is 7.52. The van der Waals surface area contributed by atoms with Crippen molar-refractivity contribution >= 4 is 33.7 Å². The molecule has 4 rings (SSSR count). The Kier molecular flexibility index (Phi) is 5.42. The van der Waals surface area contributed by atoms with Crippen molar-refractivity contribution < 1.29 is 4.79 Å². The van der Waals surface area contributed by atoms with Gasteiger partial charge in [-0.15, -0.1) is 11.3 Å². The molecule has 0 spiro atoms. The Balaban J connectivity index is 1.62. The van der Waals surface area contributed by atoms with Crippen molar-refractivity contribution in [3.63, 3.8) is 0 Å². The van der Waals surface area contributed by atoms with Crippen LogP contribution in [0.15, 0.2) is 42.7 Å². The van der Waals surface area contributed by atoms with Gasteiger partial charge in [0.2, 0.25) is 0 Å². The van der Waals surface area contributed by atoms with E-state index < -0.39 is 0 Å². The van der Waals surface area contributed by atoms with Gasteiger partial charge in [0.05, 0.1) is 11.4 Å². The van der Waals surface area contributed by atoms with Crippen LogP contribution in [-0.4, -0.2) is 46.3 Å². The fourth-order valence-electron chi connectivity index (χ4n) is 4.13. The van der Waals surface area contributed by atoms with Gasteiger partial charge in [0.1, 0.15) is 23.3 Å². The van der Waals surface area contributed by atoms with Gasteiger partial charge in [-0.2, -0.15) is 0 Å². The molecule has 3 heterocycles. The highest BCUT2D eigenvalue weighted by Gasteiger charge is 2.35. The lowest BCUT2D eigenvalue weighted by atomic mass is 10.0. The third-order valence-electron chi connectivity index (χ3n) is 5.64. The Labute approximate surface area is 170 Å². The van der Waals surface area contributed by atoms with E-state index in [1.807, 2.05) is 30.3 Å². The normalized spacial score (nSPS) is 21.8. The average molecular weight is 395 g/mol. The van der Waals surface area contributed by atoms with Gasteiger partial charge in [-0.1, -0.05) is 37.3 Å². The van der Waals surface area contributed by atoms with Crippen molar-refractivity contribution in [3.8, 4) is 0 Å². The quantitative estimate of drug-likeness (QED) is 0.610. The van der Waals surface area contributed by atoms with E-state index in [1.165, 1.54) is 4.88 Å². The van der Waals surface area contributed by atoms with Crippen LogP contribution < -0.4 is 4.90 Å². The third-order valence-corrected chi connectivity index (χ3v) is 6.83. The summed E-state index contributed by atoms with van der Waals surface area (Å²) in [5.74, 6) is 1.02. The van der Waals surface area contributed by atoms with E-state index in [9.17, 15) is 4.79 Å². The Morgan fingerprint density at radius 1 is 1.18 bits per heavy atom. The van der Waals surface area contributed by atoms with Crippen molar-refractivity contribution in [2.75, 3.05) is 18.0 Å². The van der Waals surface area contributed by atoms with Gasteiger partial charge in [0.15, 0.2) is 0 Å². The minimum atomic E-state index is -0.209. The van der Waals surface area contributed by atoms with E-state index in [0.29, 0.717) is 0 Å². The van der Waals surface area contributed by atoms with Gasteiger partial charge in [-0.3, -0.25) is 4.90 Å². The first-order valence-electron chi connectivity index (χ1n) is 9.88. The molecule has 1 fully saturated rings. The number of rotatable bonds is 5. The van der Waals surface area contributed by atoms with Crippen LogP contribution >= 0.6 is 11.3 Å². The molecule has 0 N–H and O–H groups in total. The Bertz CT molecular complexity index is 958. The summed E-state index contributed by atoms with van der Waals surface area (Å²) in [5.41, 5.74) is 1.06. The molecule has 3 atom stereocenters. The molecule has 146 valence electrons. The molecule has 1 unspecified atom stereocenters. The number of anilines is 1. The summed E-state index contributed by atoms with van der Waals surface area (Å²) in [6, 6.07) is 12.6. The van der Waals surface area contributed by atoms with Gasteiger partial charge < -0.3 is 9.69 Å². The number of nitrogens with zero attached hydrogens (tertiary/aromatic N) is 4. The highest BCUT2D eigenvalue weighted by atomic mass is 32.1. The number of aryl methyl sites for hydroxylation is 1. The number of fused-ring (bicyclic) bond motifs is 1. The smallest absolute Gasteiger partial charge is 0.141 e. The van der Waals surface area contributed by atoms with Gasteiger partial charge >= 0.3 is 0 Å². The summed E-state index contributed by atoms with van der Waals surface area (Å²) < 4.78 is 0. The molecule has 0 aliphatic carbocycles. The van der Waals surface area contributed by atoms with Crippen molar-refractivity contribution in [2.24, 2.45) is 0 Å². The summed E-state index contributed by atoms with van der Waals surface area (Å²) in [7, 11) is 0. The fraction of sp³-hybridized carbons (Fsp3) is 0.409. The number of aldehydes is 1. The summed E-state index contributed by atoms with van der Waals surface area (Å²) in [5, 5.41) is 1.15. The van der Waals surface area contributed by atoms with Crippen LogP contribution in [0.2, 0.25) is 0 Å². The average Bonchev–Trinajstić information content (AvgIpc) is 3.15. The Morgan fingerprint density at radius 3 is 2.68 bits per heavy atom. The molecule has 0 amide bonds. The molecule has 5 nitrogen and oxygen atoms in total. The molecule has 2 aromatic heterocycles. The molecule has 0 bridgehead atoms. The molecule has 28 heavy (non-hydrogen) atoms. The van der Waals surface area contributed by atoms with E-state index in [0.717, 1.165) is 47.4 Å². The number of carbonyl (C=O) groups is 1. The summed E-state index contributed by atoms with van der Waals surface area (Å²) in [6.45, 7) is 8.23. The zero-order valence-corrected chi connectivity index (χ0v) is 17.4. The van der Waals surface area contributed by atoms with Gasteiger partial charge in [-0.05, 0) is 31.9 Å². The lowest BCUT2D eigenvalue weighted by Gasteiger charge is -2.46. The molecule has 1 aliphatic heterocycles. The van der Waals surface area contributed by atoms with Gasteiger partial charge in [-0.25, -0.2) is 9.97 Å². The Morgan fingerprint density at radius 2 is 1.96 bits per heavy atom.